The lowest BCUT2D eigenvalue weighted by Gasteiger charge is -2.21. The van der Waals surface area contributed by atoms with Crippen LogP contribution in [-0.2, 0) is 0 Å². The average Bonchev–Trinajstić information content (AvgIpc) is 2.08. The van der Waals surface area contributed by atoms with Crippen molar-refractivity contribution in [2.75, 3.05) is 20.1 Å². The summed E-state index contributed by atoms with van der Waals surface area (Å²) in [6.07, 6.45) is 0. The number of hydrogen-bond acceptors (Lipinski definition) is 2. The van der Waals surface area contributed by atoms with Gasteiger partial charge in [-0.2, -0.15) is 0 Å². The van der Waals surface area contributed by atoms with Gasteiger partial charge in [-0.05, 0) is 34.6 Å². The van der Waals surface area contributed by atoms with Crippen LogP contribution in [-0.4, -0.2) is 37.7 Å². The molecule has 16 heavy (non-hydrogen) atoms. The molecule has 5 heteroatoms. The Kier molecular flexibility index (Phi) is 10.4. The molecule has 0 saturated heterocycles. The molecule has 0 aliphatic carbocycles. The molecule has 0 spiro atoms. The largest absolute Gasteiger partial charge is 0.355 e. The molecule has 0 saturated carbocycles. The lowest BCUT2D eigenvalue weighted by molar-refractivity contribution is 0.428. The molecule has 0 radical (unpaired) electrons. The molecule has 0 aliphatic heterocycles. The maximum atomic E-state index is 4.13. The van der Waals surface area contributed by atoms with Gasteiger partial charge in [0.05, 0.1) is 0 Å². The first-order chi connectivity index (χ1) is 6.85. The van der Waals surface area contributed by atoms with Crippen LogP contribution in [0, 0.1) is 0 Å². The molecule has 0 aromatic carbocycles. The first-order valence-electron chi connectivity index (χ1n) is 5.57. The van der Waals surface area contributed by atoms with Gasteiger partial charge in [0.15, 0.2) is 5.96 Å². The van der Waals surface area contributed by atoms with Crippen LogP contribution in [0.3, 0.4) is 0 Å². The molecule has 0 aliphatic rings. The highest BCUT2D eigenvalue weighted by molar-refractivity contribution is 14.0. The van der Waals surface area contributed by atoms with Crippen LogP contribution in [0.25, 0.3) is 0 Å². The molecular weight excluding hydrogens is 315 g/mol. The molecule has 0 bridgehead atoms. The number of hydrogen-bond donors (Lipinski definition) is 3. The van der Waals surface area contributed by atoms with Crippen molar-refractivity contribution in [2.24, 2.45) is 4.99 Å². The SMILES string of the molecule is CN=C(NCCNC(C)(C)C)NC(C)C.I. The Morgan fingerprint density at radius 1 is 1.19 bits per heavy atom. The van der Waals surface area contributed by atoms with Crippen LogP contribution in [0.1, 0.15) is 34.6 Å². The van der Waals surface area contributed by atoms with E-state index in [9.17, 15) is 0 Å². The van der Waals surface area contributed by atoms with Gasteiger partial charge in [-0.25, -0.2) is 0 Å². The van der Waals surface area contributed by atoms with Crippen LogP contribution >= 0.6 is 24.0 Å². The molecule has 0 aromatic heterocycles. The maximum absolute atomic E-state index is 4.13. The van der Waals surface area contributed by atoms with Crippen molar-refractivity contribution < 1.29 is 0 Å². The highest BCUT2D eigenvalue weighted by atomic mass is 127. The summed E-state index contributed by atoms with van der Waals surface area (Å²) in [7, 11) is 1.79. The molecule has 3 N–H and O–H groups in total. The first-order valence-corrected chi connectivity index (χ1v) is 5.57. The Bertz CT molecular complexity index is 197. The number of guanidine groups is 1. The van der Waals surface area contributed by atoms with Gasteiger partial charge in [-0.1, -0.05) is 0 Å². The lowest BCUT2D eigenvalue weighted by atomic mass is 10.1. The summed E-state index contributed by atoms with van der Waals surface area (Å²) in [6.45, 7) is 12.5. The maximum Gasteiger partial charge on any atom is 0.191 e. The van der Waals surface area contributed by atoms with Crippen molar-refractivity contribution in [3.05, 3.63) is 0 Å². The number of nitrogens with one attached hydrogen (secondary N) is 3. The summed E-state index contributed by atoms with van der Waals surface area (Å²) >= 11 is 0. The second kappa shape index (κ2) is 9.04. The van der Waals surface area contributed by atoms with Crippen molar-refractivity contribution in [1.29, 1.82) is 0 Å². The van der Waals surface area contributed by atoms with Crippen LogP contribution in [0.2, 0.25) is 0 Å². The summed E-state index contributed by atoms with van der Waals surface area (Å²) in [6, 6.07) is 0.409. The summed E-state index contributed by atoms with van der Waals surface area (Å²) in [5.74, 6) is 0.862. The highest BCUT2D eigenvalue weighted by Gasteiger charge is 2.07. The Balaban J connectivity index is 0. The van der Waals surface area contributed by atoms with Crippen molar-refractivity contribution in [3.8, 4) is 0 Å². The molecule has 0 unspecified atom stereocenters. The normalized spacial score (nSPS) is 12.3. The minimum atomic E-state index is 0. The monoisotopic (exact) mass is 342 g/mol. The van der Waals surface area contributed by atoms with E-state index in [0.29, 0.717) is 6.04 Å². The highest BCUT2D eigenvalue weighted by Crippen LogP contribution is 1.96. The predicted molar refractivity (Wildman–Crippen MR) is 82.8 cm³/mol. The van der Waals surface area contributed by atoms with E-state index >= 15 is 0 Å². The number of rotatable bonds is 4. The second-order valence-electron chi connectivity index (χ2n) is 4.97. The third-order valence-corrected chi connectivity index (χ3v) is 1.72. The lowest BCUT2D eigenvalue weighted by Crippen LogP contribution is -2.46. The number of aliphatic imine (C=N–C) groups is 1. The van der Waals surface area contributed by atoms with Gasteiger partial charge >= 0.3 is 0 Å². The van der Waals surface area contributed by atoms with Gasteiger partial charge in [-0.3, -0.25) is 4.99 Å². The van der Waals surface area contributed by atoms with E-state index in [2.05, 4.69) is 55.6 Å². The molecule has 0 fully saturated rings. The molecule has 98 valence electrons. The van der Waals surface area contributed by atoms with Gasteiger partial charge < -0.3 is 16.0 Å². The molecular formula is C11H27IN4. The molecule has 0 atom stereocenters. The van der Waals surface area contributed by atoms with Gasteiger partial charge in [0.2, 0.25) is 0 Å². The van der Waals surface area contributed by atoms with Gasteiger partial charge in [-0.15, -0.1) is 24.0 Å². The van der Waals surface area contributed by atoms with Crippen LogP contribution < -0.4 is 16.0 Å². The van der Waals surface area contributed by atoms with Crippen LogP contribution in [0.5, 0.6) is 0 Å². The Hall–Kier alpha value is -0.0400. The fourth-order valence-electron chi connectivity index (χ4n) is 1.09. The van der Waals surface area contributed by atoms with Crippen molar-refractivity contribution in [2.45, 2.75) is 46.2 Å². The summed E-state index contributed by atoms with van der Waals surface area (Å²) < 4.78 is 0. The summed E-state index contributed by atoms with van der Waals surface area (Å²) in [5, 5.41) is 9.90. The second-order valence-corrected chi connectivity index (χ2v) is 4.97. The third-order valence-electron chi connectivity index (χ3n) is 1.72. The van der Waals surface area contributed by atoms with Crippen molar-refractivity contribution >= 4 is 29.9 Å². The van der Waals surface area contributed by atoms with E-state index in [1.54, 1.807) is 7.05 Å². The Labute approximate surface area is 117 Å². The Morgan fingerprint density at radius 2 is 1.75 bits per heavy atom. The van der Waals surface area contributed by atoms with E-state index in [1.807, 2.05) is 0 Å². The van der Waals surface area contributed by atoms with Crippen molar-refractivity contribution in [3.63, 3.8) is 0 Å². The zero-order chi connectivity index (χ0) is 11.9. The zero-order valence-corrected chi connectivity index (χ0v) is 13.7. The standard InChI is InChI=1S/C11H26N4.HI/c1-9(2)15-10(12-6)13-7-8-14-11(3,4)5;/h9,14H,7-8H2,1-6H3,(H2,12,13,15);1H. The number of nitrogens with zero attached hydrogens (tertiary/aromatic N) is 1. The Morgan fingerprint density at radius 3 is 2.12 bits per heavy atom. The smallest absolute Gasteiger partial charge is 0.191 e. The molecule has 0 aromatic rings. The predicted octanol–water partition coefficient (Wildman–Crippen LogP) is 1.57. The van der Waals surface area contributed by atoms with E-state index in [0.717, 1.165) is 19.0 Å². The average molecular weight is 342 g/mol. The van der Waals surface area contributed by atoms with E-state index in [4.69, 9.17) is 0 Å². The summed E-state index contributed by atoms with van der Waals surface area (Å²) in [5.41, 5.74) is 0.177. The fraction of sp³-hybridized carbons (Fsp3) is 0.909. The fourth-order valence-corrected chi connectivity index (χ4v) is 1.09. The molecule has 4 nitrogen and oxygen atoms in total. The van der Waals surface area contributed by atoms with Gasteiger partial charge in [0.25, 0.3) is 0 Å². The minimum absolute atomic E-state index is 0. The minimum Gasteiger partial charge on any atom is -0.355 e. The van der Waals surface area contributed by atoms with Gasteiger partial charge in [0, 0.05) is 31.7 Å². The van der Waals surface area contributed by atoms with Crippen molar-refractivity contribution in [1.82, 2.24) is 16.0 Å². The summed E-state index contributed by atoms with van der Waals surface area (Å²) in [4.78, 5) is 4.13. The van der Waals surface area contributed by atoms with Crippen LogP contribution in [0.4, 0.5) is 0 Å². The molecule has 0 rings (SSSR count). The van der Waals surface area contributed by atoms with Crippen LogP contribution in [0.15, 0.2) is 4.99 Å². The zero-order valence-electron chi connectivity index (χ0n) is 11.3. The third kappa shape index (κ3) is 12.0. The van der Waals surface area contributed by atoms with E-state index < -0.39 is 0 Å². The first kappa shape index (κ1) is 18.3. The topological polar surface area (TPSA) is 48.5 Å². The van der Waals surface area contributed by atoms with E-state index in [1.165, 1.54) is 0 Å². The van der Waals surface area contributed by atoms with Gasteiger partial charge in [0.1, 0.15) is 0 Å². The quantitative estimate of drug-likeness (QED) is 0.315. The molecule has 0 amide bonds. The molecule has 0 heterocycles. The number of halogens is 1. The van der Waals surface area contributed by atoms with E-state index in [-0.39, 0.29) is 29.5 Å².